The first-order valence-electron chi connectivity index (χ1n) is 3.09. The molecule has 0 heterocycles. The van der Waals surface area contributed by atoms with Gasteiger partial charge < -0.3 is 4.74 Å². The fraction of sp³-hybridized carbons (Fsp3) is 0.714. The van der Waals surface area contributed by atoms with Crippen molar-refractivity contribution in [2.45, 2.75) is 6.92 Å². The maximum atomic E-state index is 5.21. The van der Waals surface area contributed by atoms with Gasteiger partial charge in [-0.1, -0.05) is 12.2 Å². The molecule has 0 aromatic rings. The maximum absolute atomic E-state index is 5.21. The fourth-order valence-electron chi connectivity index (χ4n) is 0.390. The third-order valence-electron chi connectivity index (χ3n) is 0.882. The minimum absolute atomic E-state index is 0.761. The molecule has 0 N–H and O–H groups in total. The molecular formula is C7H14OS. The molecule has 0 radical (unpaired) electrons. The summed E-state index contributed by atoms with van der Waals surface area (Å²) in [6, 6.07) is 0. The summed E-state index contributed by atoms with van der Waals surface area (Å²) < 4.78 is 5.21. The highest BCUT2D eigenvalue weighted by atomic mass is 32.2. The lowest BCUT2D eigenvalue weighted by Crippen LogP contribution is -1.95. The van der Waals surface area contributed by atoms with Gasteiger partial charge in [0.2, 0.25) is 0 Å². The molecule has 0 saturated carbocycles. The van der Waals surface area contributed by atoms with Crippen molar-refractivity contribution in [3.63, 3.8) is 0 Å². The van der Waals surface area contributed by atoms with Crippen LogP contribution in [-0.2, 0) is 4.74 Å². The summed E-state index contributed by atoms with van der Waals surface area (Å²) >= 11 is 1.81. The van der Waals surface area contributed by atoms with E-state index in [0.717, 1.165) is 19.0 Å². The highest BCUT2D eigenvalue weighted by molar-refractivity contribution is 7.98. The Balaban J connectivity index is 2.75. The van der Waals surface area contributed by atoms with Gasteiger partial charge >= 0.3 is 0 Å². The molecule has 0 aliphatic carbocycles. The van der Waals surface area contributed by atoms with Crippen molar-refractivity contribution in [3.05, 3.63) is 12.2 Å². The van der Waals surface area contributed by atoms with Crippen molar-refractivity contribution >= 4 is 11.8 Å². The predicted molar refractivity (Wildman–Crippen MR) is 44.0 cm³/mol. The molecule has 0 aliphatic heterocycles. The van der Waals surface area contributed by atoms with Gasteiger partial charge in [-0.25, -0.2) is 0 Å². The minimum atomic E-state index is 0.761. The van der Waals surface area contributed by atoms with Gasteiger partial charge in [-0.15, -0.1) is 0 Å². The van der Waals surface area contributed by atoms with E-state index in [0.29, 0.717) is 0 Å². The van der Waals surface area contributed by atoms with Crippen molar-refractivity contribution in [1.29, 1.82) is 0 Å². The SMILES string of the molecule is C/C=C/COCCSC. The molecule has 0 fully saturated rings. The number of ether oxygens (including phenoxy) is 1. The van der Waals surface area contributed by atoms with Crippen LogP contribution in [0.4, 0.5) is 0 Å². The standard InChI is InChI=1S/C7H14OS/c1-3-4-5-8-6-7-9-2/h3-4H,5-7H2,1-2H3/b4-3+. The highest BCUT2D eigenvalue weighted by Gasteiger charge is 1.80. The largest absolute Gasteiger partial charge is 0.377 e. The summed E-state index contributed by atoms with van der Waals surface area (Å²) in [5.74, 6) is 1.09. The Morgan fingerprint density at radius 3 is 2.89 bits per heavy atom. The second kappa shape index (κ2) is 8.05. The van der Waals surface area contributed by atoms with E-state index in [1.807, 2.05) is 30.8 Å². The van der Waals surface area contributed by atoms with Gasteiger partial charge in [0, 0.05) is 5.75 Å². The average Bonchev–Trinajstić information content (AvgIpc) is 1.89. The lowest BCUT2D eigenvalue weighted by molar-refractivity contribution is 0.180. The molecule has 0 atom stereocenters. The normalized spacial score (nSPS) is 10.9. The van der Waals surface area contributed by atoms with Crippen molar-refractivity contribution < 1.29 is 4.74 Å². The Morgan fingerprint density at radius 2 is 2.33 bits per heavy atom. The van der Waals surface area contributed by atoms with E-state index in [1.165, 1.54) is 0 Å². The van der Waals surface area contributed by atoms with Crippen LogP contribution in [0.5, 0.6) is 0 Å². The second-order valence-electron chi connectivity index (χ2n) is 1.64. The van der Waals surface area contributed by atoms with E-state index in [4.69, 9.17) is 4.74 Å². The number of hydrogen-bond donors (Lipinski definition) is 0. The molecule has 0 aliphatic rings. The van der Waals surface area contributed by atoms with E-state index in [-0.39, 0.29) is 0 Å². The topological polar surface area (TPSA) is 9.23 Å². The van der Waals surface area contributed by atoms with Gasteiger partial charge in [0.15, 0.2) is 0 Å². The van der Waals surface area contributed by atoms with Gasteiger partial charge in [0.1, 0.15) is 0 Å². The number of hydrogen-bond acceptors (Lipinski definition) is 2. The molecule has 0 aromatic carbocycles. The Kier molecular flexibility index (Phi) is 8.09. The molecular weight excluding hydrogens is 132 g/mol. The summed E-state index contributed by atoms with van der Waals surface area (Å²) in [4.78, 5) is 0. The quantitative estimate of drug-likeness (QED) is 0.433. The molecule has 54 valence electrons. The van der Waals surface area contributed by atoms with E-state index in [1.54, 1.807) is 0 Å². The van der Waals surface area contributed by atoms with Gasteiger partial charge in [0.05, 0.1) is 13.2 Å². The summed E-state index contributed by atoms with van der Waals surface area (Å²) in [6.45, 7) is 3.63. The Morgan fingerprint density at radius 1 is 1.56 bits per heavy atom. The molecule has 1 nitrogen and oxygen atoms in total. The number of rotatable bonds is 5. The molecule has 2 heteroatoms. The van der Waals surface area contributed by atoms with Crippen LogP contribution < -0.4 is 0 Å². The summed E-state index contributed by atoms with van der Waals surface area (Å²) in [7, 11) is 0. The van der Waals surface area contributed by atoms with Crippen LogP contribution in [0.1, 0.15) is 6.92 Å². The number of thioether (sulfide) groups is 1. The maximum Gasteiger partial charge on any atom is 0.0647 e. The van der Waals surface area contributed by atoms with E-state index < -0.39 is 0 Å². The van der Waals surface area contributed by atoms with Crippen molar-refractivity contribution in [2.75, 3.05) is 25.2 Å². The van der Waals surface area contributed by atoms with Crippen LogP contribution >= 0.6 is 11.8 Å². The molecule has 0 saturated heterocycles. The summed E-state index contributed by atoms with van der Waals surface area (Å²) in [6.07, 6.45) is 6.10. The molecule has 9 heavy (non-hydrogen) atoms. The van der Waals surface area contributed by atoms with Gasteiger partial charge in [-0.3, -0.25) is 0 Å². The Hall–Kier alpha value is 0.0500. The smallest absolute Gasteiger partial charge is 0.0647 e. The van der Waals surface area contributed by atoms with Crippen LogP contribution in [0.25, 0.3) is 0 Å². The van der Waals surface area contributed by atoms with E-state index >= 15 is 0 Å². The average molecular weight is 146 g/mol. The van der Waals surface area contributed by atoms with Crippen molar-refractivity contribution in [3.8, 4) is 0 Å². The van der Waals surface area contributed by atoms with Crippen LogP contribution in [0.3, 0.4) is 0 Å². The zero-order chi connectivity index (χ0) is 6.95. The molecule has 0 unspecified atom stereocenters. The van der Waals surface area contributed by atoms with E-state index in [9.17, 15) is 0 Å². The van der Waals surface area contributed by atoms with Crippen LogP contribution in [-0.4, -0.2) is 25.2 Å². The Bertz CT molecular complexity index is 71.3. The van der Waals surface area contributed by atoms with Crippen LogP contribution in [0.2, 0.25) is 0 Å². The monoisotopic (exact) mass is 146 g/mol. The second-order valence-corrected chi connectivity index (χ2v) is 2.62. The van der Waals surface area contributed by atoms with E-state index in [2.05, 4.69) is 6.26 Å². The van der Waals surface area contributed by atoms with Gasteiger partial charge in [-0.2, -0.15) is 11.8 Å². The lowest BCUT2D eigenvalue weighted by Gasteiger charge is -1.96. The number of allylic oxidation sites excluding steroid dienone is 1. The predicted octanol–water partition coefficient (Wildman–Crippen LogP) is 1.94. The molecule has 0 aromatic heterocycles. The third-order valence-corrected chi connectivity index (χ3v) is 1.46. The zero-order valence-corrected chi connectivity index (χ0v) is 6.91. The van der Waals surface area contributed by atoms with Gasteiger partial charge in [-0.05, 0) is 13.2 Å². The molecule has 0 spiro atoms. The molecule has 0 bridgehead atoms. The molecule has 0 amide bonds. The first-order chi connectivity index (χ1) is 4.41. The minimum Gasteiger partial charge on any atom is -0.377 e. The Labute approximate surface area is 61.5 Å². The van der Waals surface area contributed by atoms with Crippen LogP contribution in [0.15, 0.2) is 12.2 Å². The zero-order valence-electron chi connectivity index (χ0n) is 6.09. The summed E-state index contributed by atoms with van der Waals surface area (Å²) in [5, 5.41) is 0. The van der Waals surface area contributed by atoms with Crippen molar-refractivity contribution in [1.82, 2.24) is 0 Å². The first kappa shape index (κ1) is 9.05. The summed E-state index contributed by atoms with van der Waals surface area (Å²) in [5.41, 5.74) is 0. The fourth-order valence-corrected chi connectivity index (χ4v) is 0.674. The third kappa shape index (κ3) is 8.05. The van der Waals surface area contributed by atoms with Gasteiger partial charge in [0.25, 0.3) is 0 Å². The highest BCUT2D eigenvalue weighted by Crippen LogP contribution is 1.90. The van der Waals surface area contributed by atoms with Crippen LogP contribution in [0, 0.1) is 0 Å². The molecule has 0 rings (SSSR count). The first-order valence-corrected chi connectivity index (χ1v) is 4.49. The lowest BCUT2D eigenvalue weighted by atomic mass is 10.5. The van der Waals surface area contributed by atoms with Crippen molar-refractivity contribution in [2.24, 2.45) is 0 Å².